The number of carbonyl (C=O) groups is 2. The predicted molar refractivity (Wildman–Crippen MR) is 101 cm³/mol. The van der Waals surface area contributed by atoms with E-state index in [1.54, 1.807) is 24.3 Å². The Balaban J connectivity index is 1.82. The van der Waals surface area contributed by atoms with Gasteiger partial charge in [-0.15, -0.1) is 11.8 Å². The zero-order valence-electron chi connectivity index (χ0n) is 13.3. The Morgan fingerprint density at radius 1 is 1.12 bits per heavy atom. The van der Waals surface area contributed by atoms with Crippen LogP contribution in [0.1, 0.15) is 22.8 Å². The van der Waals surface area contributed by atoms with Crippen molar-refractivity contribution in [2.45, 2.75) is 12.7 Å². The molecule has 126 valence electrons. The topological polar surface area (TPSA) is 58.2 Å². The highest BCUT2D eigenvalue weighted by atomic mass is 35.5. The van der Waals surface area contributed by atoms with Crippen LogP contribution >= 0.6 is 23.4 Å². The number of carbonyl (C=O) groups excluding carboxylic acids is 2. The molecule has 0 unspecified atom stereocenters. The molecule has 2 amide bonds. The first-order chi connectivity index (χ1) is 11.6. The first-order valence-electron chi connectivity index (χ1n) is 7.59. The maximum absolute atomic E-state index is 12.0. The third kappa shape index (κ3) is 5.91. The molecular weight excluding hydrogens is 344 g/mol. The Morgan fingerprint density at radius 2 is 1.88 bits per heavy atom. The molecule has 0 atom stereocenters. The molecule has 2 rings (SSSR count). The summed E-state index contributed by atoms with van der Waals surface area (Å²) in [5, 5.41) is 6.25. The van der Waals surface area contributed by atoms with Crippen molar-refractivity contribution < 1.29 is 9.59 Å². The average Bonchev–Trinajstić information content (AvgIpc) is 2.57. The summed E-state index contributed by atoms with van der Waals surface area (Å²) in [6.07, 6.45) is 0. The van der Waals surface area contributed by atoms with Crippen molar-refractivity contribution in [1.29, 1.82) is 0 Å². The molecular formula is C18H19ClN2O2S. The van der Waals surface area contributed by atoms with Gasteiger partial charge in [-0.25, -0.2) is 0 Å². The summed E-state index contributed by atoms with van der Waals surface area (Å²) in [6, 6.07) is 14.5. The van der Waals surface area contributed by atoms with Crippen molar-refractivity contribution in [1.82, 2.24) is 5.32 Å². The number of hydrogen-bond acceptors (Lipinski definition) is 3. The van der Waals surface area contributed by atoms with Crippen molar-refractivity contribution in [3.8, 4) is 0 Å². The van der Waals surface area contributed by atoms with E-state index in [0.717, 1.165) is 11.3 Å². The van der Waals surface area contributed by atoms with Gasteiger partial charge in [-0.2, -0.15) is 0 Å². The lowest BCUT2D eigenvalue weighted by Gasteiger charge is -2.08. The number of benzene rings is 2. The molecule has 0 saturated heterocycles. The second-order valence-electron chi connectivity index (χ2n) is 5.11. The van der Waals surface area contributed by atoms with E-state index in [2.05, 4.69) is 10.6 Å². The van der Waals surface area contributed by atoms with Gasteiger partial charge >= 0.3 is 0 Å². The molecule has 0 fully saturated rings. The van der Waals surface area contributed by atoms with Gasteiger partial charge in [0.15, 0.2) is 0 Å². The summed E-state index contributed by atoms with van der Waals surface area (Å²) in [4.78, 5) is 23.8. The quantitative estimate of drug-likeness (QED) is 0.783. The van der Waals surface area contributed by atoms with Gasteiger partial charge in [0.05, 0.1) is 5.75 Å². The van der Waals surface area contributed by atoms with Crippen LogP contribution in [0.25, 0.3) is 0 Å². The number of amides is 2. The van der Waals surface area contributed by atoms with E-state index in [-0.39, 0.29) is 11.8 Å². The van der Waals surface area contributed by atoms with Gasteiger partial charge in [0, 0.05) is 28.6 Å². The molecule has 2 aromatic carbocycles. The third-order valence-corrected chi connectivity index (χ3v) is 4.42. The normalized spacial score (nSPS) is 10.2. The monoisotopic (exact) mass is 362 g/mol. The van der Waals surface area contributed by atoms with E-state index in [1.165, 1.54) is 11.8 Å². The van der Waals surface area contributed by atoms with Gasteiger partial charge in [0.25, 0.3) is 5.91 Å². The van der Waals surface area contributed by atoms with Crippen LogP contribution in [-0.2, 0) is 10.5 Å². The fourth-order valence-electron chi connectivity index (χ4n) is 2.04. The van der Waals surface area contributed by atoms with Gasteiger partial charge < -0.3 is 10.6 Å². The molecule has 24 heavy (non-hydrogen) atoms. The van der Waals surface area contributed by atoms with E-state index >= 15 is 0 Å². The molecule has 0 aliphatic heterocycles. The zero-order chi connectivity index (χ0) is 17.4. The van der Waals surface area contributed by atoms with Crippen LogP contribution in [0.2, 0.25) is 5.02 Å². The Kier molecular flexibility index (Phi) is 7.15. The SMILES string of the molecule is CCNC(=O)c1cccc(NC(=O)CSCc2ccc(Cl)cc2)c1. The predicted octanol–water partition coefficient (Wildman–Crippen LogP) is 3.96. The van der Waals surface area contributed by atoms with Crippen LogP contribution in [0, 0.1) is 0 Å². The van der Waals surface area contributed by atoms with Gasteiger partial charge in [-0.1, -0.05) is 29.8 Å². The van der Waals surface area contributed by atoms with Crippen LogP contribution in [0.15, 0.2) is 48.5 Å². The number of rotatable bonds is 7. The molecule has 0 aromatic heterocycles. The lowest BCUT2D eigenvalue weighted by atomic mass is 10.2. The fraction of sp³-hybridized carbons (Fsp3) is 0.222. The summed E-state index contributed by atoms with van der Waals surface area (Å²) >= 11 is 7.37. The molecule has 0 aliphatic carbocycles. The third-order valence-electron chi connectivity index (χ3n) is 3.16. The van der Waals surface area contributed by atoms with Crippen LogP contribution in [0.5, 0.6) is 0 Å². The van der Waals surface area contributed by atoms with E-state index in [4.69, 9.17) is 11.6 Å². The summed E-state index contributed by atoms with van der Waals surface area (Å²) in [5.74, 6) is 0.838. The standard InChI is InChI=1S/C18H19ClN2O2S/c1-2-20-18(23)14-4-3-5-16(10-14)21-17(22)12-24-11-13-6-8-15(19)9-7-13/h3-10H,2,11-12H2,1H3,(H,20,23)(H,21,22). The molecule has 0 radical (unpaired) electrons. The van der Waals surface area contributed by atoms with Gasteiger partial charge in [-0.05, 0) is 42.8 Å². The van der Waals surface area contributed by atoms with E-state index in [0.29, 0.717) is 28.6 Å². The van der Waals surface area contributed by atoms with E-state index in [9.17, 15) is 9.59 Å². The summed E-state index contributed by atoms with van der Waals surface area (Å²) in [5.41, 5.74) is 2.27. The fourth-order valence-corrected chi connectivity index (χ4v) is 2.95. The molecule has 0 saturated carbocycles. The van der Waals surface area contributed by atoms with Crippen LogP contribution in [0.3, 0.4) is 0 Å². The lowest BCUT2D eigenvalue weighted by Crippen LogP contribution is -2.23. The first-order valence-corrected chi connectivity index (χ1v) is 9.12. The average molecular weight is 363 g/mol. The van der Waals surface area contributed by atoms with Gasteiger partial charge in [-0.3, -0.25) is 9.59 Å². The molecule has 0 spiro atoms. The molecule has 0 heterocycles. The summed E-state index contributed by atoms with van der Waals surface area (Å²) in [6.45, 7) is 2.43. The highest BCUT2D eigenvalue weighted by molar-refractivity contribution is 7.99. The number of thioether (sulfide) groups is 1. The van der Waals surface area contributed by atoms with Crippen molar-refractivity contribution in [2.75, 3.05) is 17.6 Å². The minimum absolute atomic E-state index is 0.0954. The second-order valence-corrected chi connectivity index (χ2v) is 6.53. The Labute approximate surface area is 151 Å². The van der Waals surface area contributed by atoms with Crippen molar-refractivity contribution >= 4 is 40.9 Å². The Bertz CT molecular complexity index is 704. The van der Waals surface area contributed by atoms with Gasteiger partial charge in [0.1, 0.15) is 0 Å². The molecule has 0 bridgehead atoms. The van der Waals surface area contributed by atoms with E-state index in [1.807, 2.05) is 31.2 Å². The molecule has 2 aromatic rings. The molecule has 4 nitrogen and oxygen atoms in total. The maximum atomic E-state index is 12.0. The van der Waals surface area contributed by atoms with Crippen LogP contribution in [-0.4, -0.2) is 24.1 Å². The van der Waals surface area contributed by atoms with E-state index < -0.39 is 0 Å². The minimum atomic E-state index is -0.147. The Morgan fingerprint density at radius 3 is 2.58 bits per heavy atom. The van der Waals surface area contributed by atoms with Gasteiger partial charge in [0.2, 0.25) is 5.91 Å². The highest BCUT2D eigenvalue weighted by Crippen LogP contribution is 2.16. The highest BCUT2D eigenvalue weighted by Gasteiger charge is 2.07. The minimum Gasteiger partial charge on any atom is -0.352 e. The van der Waals surface area contributed by atoms with Crippen LogP contribution < -0.4 is 10.6 Å². The summed E-state index contributed by atoms with van der Waals surface area (Å²) in [7, 11) is 0. The number of anilines is 1. The number of hydrogen-bond donors (Lipinski definition) is 2. The van der Waals surface area contributed by atoms with Crippen molar-refractivity contribution in [3.63, 3.8) is 0 Å². The largest absolute Gasteiger partial charge is 0.352 e. The smallest absolute Gasteiger partial charge is 0.251 e. The van der Waals surface area contributed by atoms with Crippen molar-refractivity contribution in [3.05, 3.63) is 64.7 Å². The molecule has 2 N–H and O–H groups in total. The van der Waals surface area contributed by atoms with Crippen LogP contribution in [0.4, 0.5) is 5.69 Å². The zero-order valence-corrected chi connectivity index (χ0v) is 14.9. The summed E-state index contributed by atoms with van der Waals surface area (Å²) < 4.78 is 0. The van der Waals surface area contributed by atoms with Crippen molar-refractivity contribution in [2.24, 2.45) is 0 Å². The second kappa shape index (κ2) is 9.35. The molecule has 6 heteroatoms. The Hall–Kier alpha value is -1.98. The number of nitrogens with one attached hydrogen (secondary N) is 2. The number of halogens is 1. The maximum Gasteiger partial charge on any atom is 0.251 e. The first kappa shape index (κ1) is 18.4. The molecule has 0 aliphatic rings. The lowest BCUT2D eigenvalue weighted by molar-refractivity contribution is -0.113.